The maximum atomic E-state index is 5.32. The number of fused-ring (bicyclic) bond motifs is 1. The van der Waals surface area contributed by atoms with Crippen molar-refractivity contribution in [3.63, 3.8) is 0 Å². The van der Waals surface area contributed by atoms with Gasteiger partial charge >= 0.3 is 0 Å². The van der Waals surface area contributed by atoms with E-state index in [1.165, 1.54) is 50.1 Å². The van der Waals surface area contributed by atoms with Crippen molar-refractivity contribution in [1.29, 1.82) is 0 Å². The van der Waals surface area contributed by atoms with Gasteiger partial charge in [0.15, 0.2) is 11.6 Å². The van der Waals surface area contributed by atoms with Crippen LogP contribution in [-0.4, -0.2) is 15.0 Å². The lowest BCUT2D eigenvalue weighted by atomic mass is 9.77. The third-order valence-corrected chi connectivity index (χ3v) is 11.6. The lowest BCUT2D eigenvalue weighted by molar-refractivity contribution is 0.919. The SMILES string of the molecule is Cc1cc(C)c(C(c2ccc(N(c3nc(-c4ccccc4)nc(-c4ccccc4)n3)c3ccc4ccccc4c3-c3ccccc3)cc2)c2c(C)cc(C)cc2C)c(C)c1. The molecule has 0 atom stereocenters. The first-order valence-corrected chi connectivity index (χ1v) is 20.7. The number of benzene rings is 8. The summed E-state index contributed by atoms with van der Waals surface area (Å²) in [4.78, 5) is 17.9. The fraction of sp³-hybridized carbons (Fsp3) is 0.125. The Morgan fingerprint density at radius 3 is 1.37 bits per heavy atom. The van der Waals surface area contributed by atoms with Gasteiger partial charge in [-0.05, 0) is 115 Å². The molecule has 0 amide bonds. The van der Waals surface area contributed by atoms with Gasteiger partial charge in [-0.3, -0.25) is 4.90 Å². The summed E-state index contributed by atoms with van der Waals surface area (Å²) in [5.41, 5.74) is 17.7. The number of anilines is 3. The van der Waals surface area contributed by atoms with Crippen LogP contribution in [0.25, 0.3) is 44.7 Å². The predicted molar refractivity (Wildman–Crippen MR) is 251 cm³/mol. The second-order valence-electron chi connectivity index (χ2n) is 16.0. The van der Waals surface area contributed by atoms with Crippen molar-refractivity contribution in [3.8, 4) is 33.9 Å². The topological polar surface area (TPSA) is 41.9 Å². The van der Waals surface area contributed by atoms with E-state index in [1.54, 1.807) is 0 Å². The standard InChI is InChI=1S/C56H48N4/c1-36-32-38(3)50(39(4)33-36)53(51-40(5)34-37(2)35-41(51)6)44-26-29-47(30-27-44)60(49-31-28-42-18-16-17-25-48(42)52(49)43-19-10-7-11-20-43)56-58-54(45-21-12-8-13-22-45)57-55(59-56)46-23-14-9-15-24-46/h7-35,53H,1-6H3. The molecule has 4 heteroatoms. The molecule has 0 bridgehead atoms. The third-order valence-electron chi connectivity index (χ3n) is 11.6. The van der Waals surface area contributed by atoms with Crippen LogP contribution >= 0.6 is 0 Å². The van der Waals surface area contributed by atoms with Gasteiger partial charge in [0, 0.05) is 28.3 Å². The van der Waals surface area contributed by atoms with Crippen molar-refractivity contribution in [2.24, 2.45) is 0 Å². The molecule has 0 N–H and O–H groups in total. The Morgan fingerprint density at radius 2 is 0.867 bits per heavy atom. The molecule has 0 aliphatic rings. The van der Waals surface area contributed by atoms with E-state index in [2.05, 4.69) is 186 Å². The van der Waals surface area contributed by atoms with Crippen LogP contribution in [0.4, 0.5) is 17.3 Å². The molecule has 0 saturated heterocycles. The molecule has 0 aliphatic carbocycles. The Hall–Kier alpha value is -7.17. The van der Waals surface area contributed by atoms with Gasteiger partial charge in [-0.1, -0.05) is 169 Å². The molecule has 0 aliphatic heterocycles. The third kappa shape index (κ3) is 7.37. The van der Waals surface area contributed by atoms with E-state index in [9.17, 15) is 0 Å². The van der Waals surface area contributed by atoms with E-state index in [-0.39, 0.29) is 5.92 Å². The smallest absolute Gasteiger partial charge is 0.238 e. The number of nitrogens with zero attached hydrogens (tertiary/aromatic N) is 4. The van der Waals surface area contributed by atoms with Crippen LogP contribution in [0.1, 0.15) is 56.0 Å². The van der Waals surface area contributed by atoms with E-state index >= 15 is 0 Å². The minimum atomic E-state index is 0.0424. The molecule has 60 heavy (non-hydrogen) atoms. The highest BCUT2D eigenvalue weighted by atomic mass is 15.3. The maximum absolute atomic E-state index is 5.32. The average molecular weight is 777 g/mol. The summed E-state index contributed by atoms with van der Waals surface area (Å²) >= 11 is 0. The van der Waals surface area contributed by atoms with Gasteiger partial charge in [-0.2, -0.15) is 9.97 Å². The maximum Gasteiger partial charge on any atom is 0.238 e. The highest BCUT2D eigenvalue weighted by molar-refractivity contribution is 6.05. The summed E-state index contributed by atoms with van der Waals surface area (Å²) in [5, 5.41) is 2.32. The van der Waals surface area contributed by atoms with E-state index in [1.807, 2.05) is 36.4 Å². The molecule has 0 saturated carbocycles. The molecule has 9 rings (SSSR count). The first-order valence-electron chi connectivity index (χ1n) is 20.7. The Labute approximate surface area is 353 Å². The Morgan fingerprint density at radius 1 is 0.417 bits per heavy atom. The van der Waals surface area contributed by atoms with Crippen molar-refractivity contribution in [3.05, 3.63) is 226 Å². The Balaban J connectivity index is 1.31. The van der Waals surface area contributed by atoms with Crippen LogP contribution in [0.2, 0.25) is 0 Å². The van der Waals surface area contributed by atoms with Crippen LogP contribution in [0.5, 0.6) is 0 Å². The number of aromatic nitrogens is 3. The van der Waals surface area contributed by atoms with Gasteiger partial charge in [0.25, 0.3) is 0 Å². The normalized spacial score (nSPS) is 11.3. The van der Waals surface area contributed by atoms with Gasteiger partial charge < -0.3 is 0 Å². The average Bonchev–Trinajstić information content (AvgIpc) is 3.26. The molecule has 0 spiro atoms. The van der Waals surface area contributed by atoms with E-state index < -0.39 is 0 Å². The van der Waals surface area contributed by atoms with Crippen LogP contribution in [0.3, 0.4) is 0 Å². The minimum absolute atomic E-state index is 0.0424. The van der Waals surface area contributed by atoms with Crippen molar-refractivity contribution < 1.29 is 0 Å². The van der Waals surface area contributed by atoms with Gasteiger partial charge in [0.1, 0.15) is 0 Å². The zero-order valence-corrected chi connectivity index (χ0v) is 35.1. The van der Waals surface area contributed by atoms with Crippen LogP contribution in [0, 0.1) is 41.5 Å². The number of hydrogen-bond acceptors (Lipinski definition) is 4. The first kappa shape index (κ1) is 38.4. The quantitative estimate of drug-likeness (QED) is 0.137. The van der Waals surface area contributed by atoms with Crippen LogP contribution in [0.15, 0.2) is 176 Å². The lowest BCUT2D eigenvalue weighted by Crippen LogP contribution is -2.17. The molecule has 0 fully saturated rings. The molecule has 292 valence electrons. The van der Waals surface area contributed by atoms with Gasteiger partial charge in [0.2, 0.25) is 5.95 Å². The summed E-state index contributed by atoms with van der Waals surface area (Å²) in [7, 11) is 0. The molecular weight excluding hydrogens is 729 g/mol. The molecule has 1 heterocycles. The summed E-state index contributed by atoms with van der Waals surface area (Å²) < 4.78 is 0. The zero-order chi connectivity index (χ0) is 41.3. The first-order chi connectivity index (χ1) is 29.2. The highest BCUT2D eigenvalue weighted by Crippen LogP contribution is 2.45. The van der Waals surface area contributed by atoms with Crippen molar-refractivity contribution in [2.45, 2.75) is 47.5 Å². The van der Waals surface area contributed by atoms with E-state index in [4.69, 9.17) is 15.0 Å². The van der Waals surface area contributed by atoms with Crippen LogP contribution < -0.4 is 4.90 Å². The largest absolute Gasteiger partial charge is 0.278 e. The van der Waals surface area contributed by atoms with Gasteiger partial charge in [-0.15, -0.1) is 0 Å². The number of rotatable bonds is 9. The van der Waals surface area contributed by atoms with Crippen LogP contribution in [-0.2, 0) is 0 Å². The number of hydrogen-bond donors (Lipinski definition) is 0. The second-order valence-corrected chi connectivity index (χ2v) is 16.0. The summed E-state index contributed by atoms with van der Waals surface area (Å²) in [6.07, 6.45) is 0. The lowest BCUT2D eigenvalue weighted by Gasteiger charge is -2.29. The minimum Gasteiger partial charge on any atom is -0.278 e. The molecule has 0 unspecified atom stereocenters. The highest BCUT2D eigenvalue weighted by Gasteiger charge is 2.27. The summed E-state index contributed by atoms with van der Waals surface area (Å²) in [6.45, 7) is 13.4. The molecular formula is C56H48N4. The van der Waals surface area contributed by atoms with Crippen molar-refractivity contribution >= 4 is 28.1 Å². The second kappa shape index (κ2) is 16.2. The fourth-order valence-electron chi connectivity index (χ4n) is 9.20. The molecule has 8 aromatic carbocycles. The van der Waals surface area contributed by atoms with E-state index in [0.717, 1.165) is 44.4 Å². The monoisotopic (exact) mass is 776 g/mol. The van der Waals surface area contributed by atoms with E-state index in [0.29, 0.717) is 17.6 Å². The zero-order valence-electron chi connectivity index (χ0n) is 35.1. The molecule has 0 radical (unpaired) electrons. The van der Waals surface area contributed by atoms with Crippen molar-refractivity contribution in [2.75, 3.05) is 4.90 Å². The fourth-order valence-corrected chi connectivity index (χ4v) is 9.20. The van der Waals surface area contributed by atoms with Crippen molar-refractivity contribution in [1.82, 2.24) is 15.0 Å². The predicted octanol–water partition coefficient (Wildman–Crippen LogP) is 14.5. The Bertz CT molecular complexity index is 2810. The number of aryl methyl sites for hydroxylation is 6. The van der Waals surface area contributed by atoms with Gasteiger partial charge in [0.05, 0.1) is 5.69 Å². The molecule has 4 nitrogen and oxygen atoms in total. The molecule has 1 aromatic heterocycles. The Kier molecular flexibility index (Phi) is 10.4. The summed E-state index contributed by atoms with van der Waals surface area (Å²) in [6, 6.07) is 62.5. The summed E-state index contributed by atoms with van der Waals surface area (Å²) in [5.74, 6) is 1.80. The van der Waals surface area contributed by atoms with Gasteiger partial charge in [-0.25, -0.2) is 4.98 Å². The molecule has 9 aromatic rings.